The van der Waals surface area contributed by atoms with Gasteiger partial charge in [0.2, 0.25) is 10.0 Å². The first-order valence-corrected chi connectivity index (χ1v) is 10.3. The lowest BCUT2D eigenvalue weighted by molar-refractivity contribution is 0.578. The van der Waals surface area contributed by atoms with Crippen LogP contribution in [0.1, 0.15) is 32.1 Å². The summed E-state index contributed by atoms with van der Waals surface area (Å²) in [6.45, 7) is 7.43. The molecule has 1 heterocycles. The minimum Gasteiger partial charge on any atom is -0.310 e. The summed E-state index contributed by atoms with van der Waals surface area (Å²) in [5, 5.41) is 5.45. The van der Waals surface area contributed by atoms with Crippen molar-refractivity contribution in [1.29, 1.82) is 0 Å². The van der Waals surface area contributed by atoms with Crippen molar-refractivity contribution in [3.05, 3.63) is 16.3 Å². The summed E-state index contributed by atoms with van der Waals surface area (Å²) in [4.78, 5) is 1.41. The second-order valence-electron chi connectivity index (χ2n) is 5.02. The van der Waals surface area contributed by atoms with Gasteiger partial charge in [0, 0.05) is 34.6 Å². The smallest absolute Gasteiger partial charge is 0.241 e. The molecule has 1 unspecified atom stereocenters. The predicted molar refractivity (Wildman–Crippen MR) is 89.1 cm³/mol. The van der Waals surface area contributed by atoms with Crippen molar-refractivity contribution in [2.75, 3.05) is 12.8 Å². The lowest BCUT2D eigenvalue weighted by Crippen LogP contribution is -2.26. The van der Waals surface area contributed by atoms with E-state index in [-0.39, 0.29) is 0 Å². The molecule has 0 amide bonds. The minimum atomic E-state index is -3.36. The van der Waals surface area contributed by atoms with Gasteiger partial charge in [-0.05, 0) is 18.7 Å². The third-order valence-electron chi connectivity index (χ3n) is 2.87. The largest absolute Gasteiger partial charge is 0.310 e. The van der Waals surface area contributed by atoms with E-state index in [0.29, 0.717) is 29.3 Å². The number of nitrogens with one attached hydrogen (secondary N) is 2. The molecule has 116 valence electrons. The van der Waals surface area contributed by atoms with Crippen molar-refractivity contribution in [2.45, 2.75) is 49.9 Å². The fraction of sp³-hybridized carbons (Fsp3) is 0.692. The second kappa shape index (κ2) is 8.38. The van der Waals surface area contributed by atoms with Crippen LogP contribution in [0.5, 0.6) is 0 Å². The van der Waals surface area contributed by atoms with Crippen molar-refractivity contribution in [1.82, 2.24) is 10.0 Å². The van der Waals surface area contributed by atoms with E-state index < -0.39 is 10.0 Å². The SMILES string of the molecule is CSC(C)CCNS(=O)(=O)c1csc(CNC(C)C)c1. The summed E-state index contributed by atoms with van der Waals surface area (Å²) in [5.74, 6) is 0. The lowest BCUT2D eigenvalue weighted by Gasteiger charge is -2.09. The molecule has 0 bridgehead atoms. The van der Waals surface area contributed by atoms with Gasteiger partial charge in [-0.1, -0.05) is 20.8 Å². The molecule has 0 saturated carbocycles. The molecule has 0 fully saturated rings. The van der Waals surface area contributed by atoms with Crippen LogP contribution >= 0.6 is 23.1 Å². The molecular formula is C13H24N2O2S3. The van der Waals surface area contributed by atoms with Gasteiger partial charge in [-0.2, -0.15) is 11.8 Å². The summed E-state index contributed by atoms with van der Waals surface area (Å²) >= 11 is 3.22. The van der Waals surface area contributed by atoms with Gasteiger partial charge in [0.25, 0.3) is 0 Å². The van der Waals surface area contributed by atoms with E-state index in [1.165, 1.54) is 11.3 Å². The molecule has 1 rings (SSSR count). The third kappa shape index (κ3) is 6.13. The van der Waals surface area contributed by atoms with Crippen LogP contribution in [-0.4, -0.2) is 32.5 Å². The molecule has 4 nitrogen and oxygen atoms in total. The Hall–Kier alpha value is -0.0800. The Bertz CT molecular complexity index is 497. The molecular weight excluding hydrogens is 312 g/mol. The summed E-state index contributed by atoms with van der Waals surface area (Å²) in [6, 6.07) is 2.14. The van der Waals surface area contributed by atoms with E-state index in [1.54, 1.807) is 23.2 Å². The van der Waals surface area contributed by atoms with E-state index in [2.05, 4.69) is 30.8 Å². The van der Waals surface area contributed by atoms with Crippen LogP contribution < -0.4 is 10.0 Å². The highest BCUT2D eigenvalue weighted by Crippen LogP contribution is 2.19. The van der Waals surface area contributed by atoms with Gasteiger partial charge in [-0.25, -0.2) is 13.1 Å². The topological polar surface area (TPSA) is 58.2 Å². The van der Waals surface area contributed by atoms with Crippen molar-refractivity contribution >= 4 is 33.1 Å². The number of thioether (sulfide) groups is 1. The van der Waals surface area contributed by atoms with Gasteiger partial charge in [0.1, 0.15) is 0 Å². The zero-order chi connectivity index (χ0) is 15.2. The molecule has 0 aliphatic carbocycles. The van der Waals surface area contributed by atoms with Gasteiger partial charge in [-0.3, -0.25) is 0 Å². The van der Waals surface area contributed by atoms with Crippen LogP contribution in [0.2, 0.25) is 0 Å². The molecule has 0 aliphatic rings. The number of sulfonamides is 1. The molecule has 7 heteroatoms. The Balaban J connectivity index is 2.55. The zero-order valence-corrected chi connectivity index (χ0v) is 14.9. The van der Waals surface area contributed by atoms with Gasteiger partial charge < -0.3 is 5.32 Å². The maximum atomic E-state index is 12.1. The number of rotatable bonds is 9. The van der Waals surface area contributed by atoms with Crippen LogP contribution in [0.4, 0.5) is 0 Å². The zero-order valence-electron chi connectivity index (χ0n) is 12.5. The average molecular weight is 337 g/mol. The van der Waals surface area contributed by atoms with E-state index in [1.807, 2.05) is 6.26 Å². The van der Waals surface area contributed by atoms with E-state index in [9.17, 15) is 8.42 Å². The van der Waals surface area contributed by atoms with Crippen LogP contribution in [0.15, 0.2) is 16.3 Å². The van der Waals surface area contributed by atoms with Crippen molar-refractivity contribution < 1.29 is 8.42 Å². The lowest BCUT2D eigenvalue weighted by atomic mass is 10.3. The van der Waals surface area contributed by atoms with Gasteiger partial charge in [-0.15, -0.1) is 11.3 Å². The van der Waals surface area contributed by atoms with Gasteiger partial charge in [0.15, 0.2) is 0 Å². The van der Waals surface area contributed by atoms with Crippen LogP contribution in [0, 0.1) is 0 Å². The highest BCUT2D eigenvalue weighted by molar-refractivity contribution is 7.99. The maximum absolute atomic E-state index is 12.1. The monoisotopic (exact) mass is 336 g/mol. The molecule has 0 aromatic carbocycles. The quantitative estimate of drug-likeness (QED) is 0.728. The number of hydrogen-bond donors (Lipinski definition) is 2. The highest BCUT2D eigenvalue weighted by atomic mass is 32.2. The van der Waals surface area contributed by atoms with E-state index >= 15 is 0 Å². The second-order valence-corrected chi connectivity index (χ2v) is 9.06. The summed E-state index contributed by atoms with van der Waals surface area (Å²) in [5.41, 5.74) is 0. The van der Waals surface area contributed by atoms with E-state index in [4.69, 9.17) is 0 Å². The molecule has 0 saturated heterocycles. The predicted octanol–water partition coefficient (Wildman–Crippen LogP) is 2.67. The fourth-order valence-electron chi connectivity index (χ4n) is 1.50. The van der Waals surface area contributed by atoms with E-state index in [0.717, 1.165) is 11.3 Å². The molecule has 1 atom stereocenters. The van der Waals surface area contributed by atoms with Crippen LogP contribution in [0.3, 0.4) is 0 Å². The molecule has 20 heavy (non-hydrogen) atoms. The first-order valence-electron chi connectivity index (χ1n) is 6.68. The number of hydrogen-bond acceptors (Lipinski definition) is 5. The summed E-state index contributed by atoms with van der Waals surface area (Å²) in [6.07, 6.45) is 2.87. The first kappa shape index (κ1) is 18.0. The highest BCUT2D eigenvalue weighted by Gasteiger charge is 2.16. The average Bonchev–Trinajstić information content (AvgIpc) is 2.85. The molecule has 0 aliphatic heterocycles. The molecule has 0 spiro atoms. The Morgan fingerprint density at radius 2 is 2.05 bits per heavy atom. The van der Waals surface area contributed by atoms with Crippen molar-refractivity contribution in [3.63, 3.8) is 0 Å². The number of thiophene rings is 1. The minimum absolute atomic E-state index is 0.375. The summed E-state index contributed by atoms with van der Waals surface area (Å²) in [7, 11) is -3.36. The Kier molecular flexibility index (Phi) is 7.53. The molecule has 0 radical (unpaired) electrons. The van der Waals surface area contributed by atoms with Gasteiger partial charge in [0.05, 0.1) is 4.90 Å². The van der Waals surface area contributed by atoms with Crippen LogP contribution in [-0.2, 0) is 16.6 Å². The fourth-order valence-corrected chi connectivity index (χ4v) is 4.12. The van der Waals surface area contributed by atoms with Gasteiger partial charge >= 0.3 is 0 Å². The van der Waals surface area contributed by atoms with Crippen molar-refractivity contribution in [2.24, 2.45) is 0 Å². The standard InChI is InChI=1S/C13H24N2O2S3/c1-10(2)14-8-12-7-13(9-19-12)20(16,17)15-6-5-11(3)18-4/h7,9-11,14-15H,5-6,8H2,1-4H3. The molecule has 2 N–H and O–H groups in total. The Labute approximate surface area is 130 Å². The van der Waals surface area contributed by atoms with Crippen molar-refractivity contribution in [3.8, 4) is 0 Å². The Morgan fingerprint density at radius 1 is 1.35 bits per heavy atom. The molecule has 1 aromatic rings. The van der Waals surface area contributed by atoms with Crippen LogP contribution in [0.25, 0.3) is 0 Å². The Morgan fingerprint density at radius 3 is 2.65 bits per heavy atom. The normalized spacial score (nSPS) is 13.8. The first-order chi connectivity index (χ1) is 9.35. The molecule has 1 aromatic heterocycles. The third-order valence-corrected chi connectivity index (χ3v) is 6.44. The summed E-state index contributed by atoms with van der Waals surface area (Å²) < 4.78 is 26.9. The maximum Gasteiger partial charge on any atom is 0.241 e.